The SMILES string of the molecule is CC(O)c1ccc(NS(=O)(=O)CCc2ccncc2)cc1. The Labute approximate surface area is 124 Å². The van der Waals surface area contributed by atoms with Gasteiger partial charge in [0.25, 0.3) is 0 Å². The van der Waals surface area contributed by atoms with Crippen molar-refractivity contribution in [3.8, 4) is 0 Å². The molecule has 0 saturated carbocycles. The molecule has 0 fully saturated rings. The van der Waals surface area contributed by atoms with Crippen molar-refractivity contribution in [1.29, 1.82) is 0 Å². The van der Waals surface area contributed by atoms with Gasteiger partial charge in [-0.2, -0.15) is 0 Å². The minimum atomic E-state index is -3.40. The Hall–Kier alpha value is -1.92. The van der Waals surface area contributed by atoms with Gasteiger partial charge >= 0.3 is 0 Å². The van der Waals surface area contributed by atoms with Crippen molar-refractivity contribution < 1.29 is 13.5 Å². The van der Waals surface area contributed by atoms with Gasteiger partial charge in [-0.3, -0.25) is 9.71 Å². The fourth-order valence-electron chi connectivity index (χ4n) is 1.86. The normalized spacial score (nSPS) is 12.9. The van der Waals surface area contributed by atoms with Crippen molar-refractivity contribution in [3.05, 3.63) is 59.9 Å². The molecule has 0 amide bonds. The third kappa shape index (κ3) is 4.84. The van der Waals surface area contributed by atoms with Crippen molar-refractivity contribution in [2.24, 2.45) is 0 Å². The number of aryl methyl sites for hydroxylation is 1. The van der Waals surface area contributed by atoms with E-state index in [0.29, 0.717) is 12.1 Å². The second kappa shape index (κ2) is 6.69. The number of hydrogen-bond donors (Lipinski definition) is 2. The Morgan fingerprint density at radius 2 is 1.76 bits per heavy atom. The predicted molar refractivity (Wildman–Crippen MR) is 82.4 cm³/mol. The van der Waals surface area contributed by atoms with Crippen molar-refractivity contribution >= 4 is 15.7 Å². The average Bonchev–Trinajstić information content (AvgIpc) is 2.46. The van der Waals surface area contributed by atoms with Gasteiger partial charge in [-0.15, -0.1) is 0 Å². The summed E-state index contributed by atoms with van der Waals surface area (Å²) in [6.07, 6.45) is 3.15. The van der Waals surface area contributed by atoms with Gasteiger partial charge in [0.15, 0.2) is 0 Å². The van der Waals surface area contributed by atoms with E-state index in [0.717, 1.165) is 11.1 Å². The van der Waals surface area contributed by atoms with Crippen molar-refractivity contribution in [2.75, 3.05) is 10.5 Å². The van der Waals surface area contributed by atoms with E-state index in [-0.39, 0.29) is 5.75 Å². The summed E-state index contributed by atoms with van der Waals surface area (Å²) >= 11 is 0. The summed E-state index contributed by atoms with van der Waals surface area (Å²) in [7, 11) is -3.40. The van der Waals surface area contributed by atoms with Crippen LogP contribution in [0.15, 0.2) is 48.8 Å². The number of nitrogens with zero attached hydrogens (tertiary/aromatic N) is 1. The highest BCUT2D eigenvalue weighted by Gasteiger charge is 2.11. The number of benzene rings is 1. The molecule has 0 saturated heterocycles. The maximum Gasteiger partial charge on any atom is 0.233 e. The van der Waals surface area contributed by atoms with Gasteiger partial charge in [-0.25, -0.2) is 8.42 Å². The molecule has 0 spiro atoms. The van der Waals surface area contributed by atoms with Gasteiger partial charge in [0.2, 0.25) is 10.0 Å². The first-order valence-electron chi connectivity index (χ1n) is 6.64. The third-order valence-corrected chi connectivity index (χ3v) is 4.36. The summed E-state index contributed by atoms with van der Waals surface area (Å²) in [6.45, 7) is 1.66. The molecule has 112 valence electrons. The molecule has 1 atom stereocenters. The molecule has 0 aliphatic rings. The van der Waals surface area contributed by atoms with Crippen LogP contribution in [0.4, 0.5) is 5.69 Å². The molecule has 0 radical (unpaired) electrons. The lowest BCUT2D eigenvalue weighted by Gasteiger charge is -2.10. The molecule has 0 aliphatic heterocycles. The summed E-state index contributed by atoms with van der Waals surface area (Å²) in [5.41, 5.74) is 2.17. The number of hydrogen-bond acceptors (Lipinski definition) is 4. The van der Waals surface area contributed by atoms with Crippen molar-refractivity contribution in [1.82, 2.24) is 4.98 Å². The van der Waals surface area contributed by atoms with E-state index in [1.165, 1.54) is 0 Å². The fraction of sp³-hybridized carbons (Fsp3) is 0.267. The monoisotopic (exact) mass is 306 g/mol. The van der Waals surface area contributed by atoms with Crippen LogP contribution in [-0.2, 0) is 16.4 Å². The van der Waals surface area contributed by atoms with Crippen molar-refractivity contribution in [2.45, 2.75) is 19.4 Å². The zero-order chi connectivity index (χ0) is 15.3. The minimum Gasteiger partial charge on any atom is -0.389 e. The highest BCUT2D eigenvalue weighted by atomic mass is 32.2. The number of aliphatic hydroxyl groups excluding tert-OH is 1. The minimum absolute atomic E-state index is 0.00909. The molecule has 5 nitrogen and oxygen atoms in total. The standard InChI is InChI=1S/C15H18N2O3S/c1-12(18)14-2-4-15(5-3-14)17-21(19,20)11-8-13-6-9-16-10-7-13/h2-7,9-10,12,17-18H,8,11H2,1H3. The van der Waals surface area contributed by atoms with E-state index in [1.807, 2.05) is 0 Å². The van der Waals surface area contributed by atoms with Crippen LogP contribution in [0.5, 0.6) is 0 Å². The molecular weight excluding hydrogens is 288 g/mol. The first-order chi connectivity index (χ1) is 9.96. The molecule has 1 aromatic heterocycles. The highest BCUT2D eigenvalue weighted by molar-refractivity contribution is 7.92. The third-order valence-electron chi connectivity index (χ3n) is 3.08. The summed E-state index contributed by atoms with van der Waals surface area (Å²) in [5.74, 6) is 0.00909. The summed E-state index contributed by atoms with van der Waals surface area (Å²) in [4.78, 5) is 3.89. The Morgan fingerprint density at radius 3 is 2.33 bits per heavy atom. The van der Waals surface area contributed by atoms with E-state index in [4.69, 9.17) is 0 Å². The number of sulfonamides is 1. The molecule has 21 heavy (non-hydrogen) atoms. The van der Waals surface area contributed by atoms with Crippen LogP contribution in [0.3, 0.4) is 0 Å². The fourth-order valence-corrected chi connectivity index (χ4v) is 2.96. The predicted octanol–water partition coefficient (Wildman–Crippen LogP) is 2.12. The van der Waals surface area contributed by atoms with Crippen LogP contribution in [-0.4, -0.2) is 24.3 Å². The second-order valence-corrected chi connectivity index (χ2v) is 6.67. The van der Waals surface area contributed by atoms with Gasteiger partial charge in [0.1, 0.15) is 0 Å². The van der Waals surface area contributed by atoms with Crippen LogP contribution < -0.4 is 4.72 Å². The number of aromatic nitrogens is 1. The molecule has 1 aromatic carbocycles. The van der Waals surface area contributed by atoms with Gasteiger partial charge in [-0.1, -0.05) is 12.1 Å². The second-order valence-electron chi connectivity index (χ2n) is 4.82. The van der Waals surface area contributed by atoms with E-state index in [9.17, 15) is 13.5 Å². The van der Waals surface area contributed by atoms with Gasteiger partial charge in [0, 0.05) is 18.1 Å². The molecule has 2 aromatic rings. The molecule has 0 aliphatic carbocycles. The number of nitrogens with one attached hydrogen (secondary N) is 1. The number of pyridine rings is 1. The van der Waals surface area contributed by atoms with E-state index >= 15 is 0 Å². The van der Waals surface area contributed by atoms with Crippen LogP contribution in [0, 0.1) is 0 Å². The lowest BCUT2D eigenvalue weighted by Crippen LogP contribution is -2.18. The van der Waals surface area contributed by atoms with Crippen LogP contribution >= 0.6 is 0 Å². The van der Waals surface area contributed by atoms with Crippen LogP contribution in [0.1, 0.15) is 24.2 Å². The Kier molecular flexibility index (Phi) is 4.93. The Morgan fingerprint density at radius 1 is 1.14 bits per heavy atom. The first kappa shape index (κ1) is 15.5. The van der Waals surface area contributed by atoms with E-state index < -0.39 is 16.1 Å². The maximum atomic E-state index is 12.0. The van der Waals surface area contributed by atoms with Gasteiger partial charge in [-0.05, 0) is 48.7 Å². The van der Waals surface area contributed by atoms with Crippen LogP contribution in [0.25, 0.3) is 0 Å². The quantitative estimate of drug-likeness (QED) is 0.857. The largest absolute Gasteiger partial charge is 0.389 e. The molecule has 1 unspecified atom stereocenters. The smallest absolute Gasteiger partial charge is 0.233 e. The Balaban J connectivity index is 1.97. The van der Waals surface area contributed by atoms with Crippen molar-refractivity contribution in [3.63, 3.8) is 0 Å². The van der Waals surface area contributed by atoms with Gasteiger partial charge < -0.3 is 5.11 Å². The lowest BCUT2D eigenvalue weighted by molar-refractivity contribution is 0.199. The maximum absolute atomic E-state index is 12.0. The highest BCUT2D eigenvalue weighted by Crippen LogP contribution is 2.16. The number of rotatable bonds is 6. The molecule has 1 heterocycles. The molecule has 2 rings (SSSR count). The van der Waals surface area contributed by atoms with E-state index in [2.05, 4.69) is 9.71 Å². The lowest BCUT2D eigenvalue weighted by atomic mass is 10.1. The zero-order valence-electron chi connectivity index (χ0n) is 11.7. The molecule has 2 N–H and O–H groups in total. The molecular formula is C15H18N2O3S. The number of aliphatic hydroxyl groups is 1. The summed E-state index contributed by atoms with van der Waals surface area (Å²) < 4.78 is 26.6. The van der Waals surface area contributed by atoms with Crippen LogP contribution in [0.2, 0.25) is 0 Å². The number of anilines is 1. The van der Waals surface area contributed by atoms with Gasteiger partial charge in [0.05, 0.1) is 11.9 Å². The van der Waals surface area contributed by atoms with E-state index in [1.54, 1.807) is 55.7 Å². The molecule has 0 bridgehead atoms. The zero-order valence-corrected chi connectivity index (χ0v) is 12.5. The average molecular weight is 306 g/mol. The topological polar surface area (TPSA) is 79.3 Å². The summed E-state index contributed by atoms with van der Waals surface area (Å²) in [5, 5.41) is 9.41. The first-order valence-corrected chi connectivity index (χ1v) is 8.29. The molecule has 6 heteroatoms. The Bertz CT molecular complexity index is 668. The summed E-state index contributed by atoms with van der Waals surface area (Å²) in [6, 6.07) is 10.3.